The van der Waals surface area contributed by atoms with Crippen LogP contribution < -0.4 is 5.32 Å². The van der Waals surface area contributed by atoms with Gasteiger partial charge < -0.3 is 14.6 Å². The summed E-state index contributed by atoms with van der Waals surface area (Å²) in [6, 6.07) is 7.00. The minimum absolute atomic E-state index is 0.423. The Hall–Kier alpha value is -1.81. The fourth-order valence-corrected chi connectivity index (χ4v) is 3.27. The fraction of sp³-hybridized carbons (Fsp3) is 0.438. The number of aromatic nitrogens is 2. The van der Waals surface area contributed by atoms with Gasteiger partial charge >= 0.3 is 0 Å². The van der Waals surface area contributed by atoms with Gasteiger partial charge in [-0.25, -0.2) is 4.98 Å². The largest absolute Gasteiger partial charge is 0.384 e. The smallest absolute Gasteiger partial charge is 0.0954 e. The SMILES string of the molecule is c1cc2c(c(-c3cncn3C3CCOC3)c1)NCCC2. The zero-order valence-corrected chi connectivity index (χ0v) is 11.5. The van der Waals surface area contributed by atoms with Crippen molar-refractivity contribution < 1.29 is 4.74 Å². The van der Waals surface area contributed by atoms with Crippen molar-refractivity contribution in [2.75, 3.05) is 25.1 Å². The van der Waals surface area contributed by atoms with Crippen LogP contribution in [0.25, 0.3) is 11.3 Å². The Morgan fingerprint density at radius 3 is 3.25 bits per heavy atom. The van der Waals surface area contributed by atoms with E-state index in [9.17, 15) is 0 Å². The molecule has 4 heteroatoms. The van der Waals surface area contributed by atoms with Crippen LogP contribution in [0.4, 0.5) is 5.69 Å². The minimum atomic E-state index is 0.423. The summed E-state index contributed by atoms with van der Waals surface area (Å²) in [5.41, 5.74) is 5.18. The number of hydrogen-bond donors (Lipinski definition) is 1. The minimum Gasteiger partial charge on any atom is -0.384 e. The van der Waals surface area contributed by atoms with Gasteiger partial charge in [-0.05, 0) is 24.8 Å². The van der Waals surface area contributed by atoms with Gasteiger partial charge in [0.2, 0.25) is 0 Å². The van der Waals surface area contributed by atoms with Crippen LogP contribution in [0.5, 0.6) is 0 Å². The molecular weight excluding hydrogens is 250 g/mol. The first kappa shape index (κ1) is 12.0. The van der Waals surface area contributed by atoms with Crippen LogP contribution in [-0.2, 0) is 11.2 Å². The van der Waals surface area contributed by atoms with Gasteiger partial charge in [0.15, 0.2) is 0 Å². The molecule has 1 fully saturated rings. The molecule has 0 bridgehead atoms. The molecule has 0 radical (unpaired) electrons. The summed E-state index contributed by atoms with van der Waals surface area (Å²) in [4.78, 5) is 4.37. The second-order valence-corrected chi connectivity index (χ2v) is 5.57. The van der Waals surface area contributed by atoms with Crippen LogP contribution in [0.2, 0.25) is 0 Å². The van der Waals surface area contributed by atoms with Gasteiger partial charge in [-0.1, -0.05) is 18.2 Å². The van der Waals surface area contributed by atoms with Crippen LogP contribution in [0.3, 0.4) is 0 Å². The Labute approximate surface area is 118 Å². The van der Waals surface area contributed by atoms with Crippen molar-refractivity contribution in [2.45, 2.75) is 25.3 Å². The van der Waals surface area contributed by atoms with Crippen molar-refractivity contribution in [3.8, 4) is 11.3 Å². The highest BCUT2D eigenvalue weighted by Crippen LogP contribution is 2.35. The lowest BCUT2D eigenvalue weighted by atomic mass is 9.98. The van der Waals surface area contributed by atoms with Gasteiger partial charge in [0, 0.05) is 24.4 Å². The lowest BCUT2D eigenvalue weighted by molar-refractivity contribution is 0.187. The van der Waals surface area contributed by atoms with Gasteiger partial charge in [0.1, 0.15) is 0 Å². The molecule has 0 saturated carbocycles. The van der Waals surface area contributed by atoms with Crippen molar-refractivity contribution in [1.29, 1.82) is 0 Å². The van der Waals surface area contributed by atoms with E-state index in [0.717, 1.165) is 32.6 Å². The predicted molar refractivity (Wildman–Crippen MR) is 78.9 cm³/mol. The number of hydrogen-bond acceptors (Lipinski definition) is 3. The Kier molecular flexibility index (Phi) is 2.96. The first-order chi connectivity index (χ1) is 9.93. The molecule has 1 atom stereocenters. The summed E-state index contributed by atoms with van der Waals surface area (Å²) in [6.07, 6.45) is 7.37. The zero-order chi connectivity index (χ0) is 13.4. The molecule has 1 saturated heterocycles. The molecule has 4 nitrogen and oxygen atoms in total. The number of fused-ring (bicyclic) bond motifs is 1. The quantitative estimate of drug-likeness (QED) is 0.911. The third kappa shape index (κ3) is 1.91. The Bertz CT molecular complexity index is 614. The van der Waals surface area contributed by atoms with Crippen molar-refractivity contribution in [3.63, 3.8) is 0 Å². The number of rotatable bonds is 2. The van der Waals surface area contributed by atoms with E-state index in [-0.39, 0.29) is 0 Å². The Balaban J connectivity index is 1.80. The monoisotopic (exact) mass is 269 g/mol. The van der Waals surface area contributed by atoms with E-state index in [0.29, 0.717) is 6.04 Å². The van der Waals surface area contributed by atoms with E-state index >= 15 is 0 Å². The molecular formula is C16H19N3O. The van der Waals surface area contributed by atoms with E-state index < -0.39 is 0 Å². The molecule has 1 aromatic carbocycles. The van der Waals surface area contributed by atoms with Gasteiger partial charge in [-0.15, -0.1) is 0 Å². The number of benzene rings is 1. The van der Waals surface area contributed by atoms with E-state index in [2.05, 4.69) is 33.1 Å². The first-order valence-corrected chi connectivity index (χ1v) is 7.39. The summed E-state index contributed by atoms with van der Waals surface area (Å²) in [5, 5.41) is 3.56. The van der Waals surface area contributed by atoms with E-state index in [4.69, 9.17) is 4.74 Å². The molecule has 3 heterocycles. The summed E-state index contributed by atoms with van der Waals surface area (Å²) in [5.74, 6) is 0. The Morgan fingerprint density at radius 1 is 1.35 bits per heavy atom. The van der Waals surface area contributed by atoms with Crippen molar-refractivity contribution in [2.24, 2.45) is 0 Å². The highest BCUT2D eigenvalue weighted by atomic mass is 16.5. The molecule has 0 amide bonds. The molecule has 20 heavy (non-hydrogen) atoms. The second-order valence-electron chi connectivity index (χ2n) is 5.57. The van der Waals surface area contributed by atoms with Crippen molar-refractivity contribution >= 4 is 5.69 Å². The zero-order valence-electron chi connectivity index (χ0n) is 11.5. The van der Waals surface area contributed by atoms with Crippen LogP contribution in [0.1, 0.15) is 24.4 Å². The third-order valence-electron chi connectivity index (χ3n) is 4.32. The number of anilines is 1. The average molecular weight is 269 g/mol. The van der Waals surface area contributed by atoms with E-state index in [1.54, 1.807) is 0 Å². The maximum atomic E-state index is 5.52. The molecule has 1 N–H and O–H groups in total. The van der Waals surface area contributed by atoms with Crippen molar-refractivity contribution in [1.82, 2.24) is 9.55 Å². The first-order valence-electron chi connectivity index (χ1n) is 7.39. The Morgan fingerprint density at radius 2 is 2.35 bits per heavy atom. The number of para-hydroxylation sites is 1. The second kappa shape index (κ2) is 4.94. The van der Waals surface area contributed by atoms with Gasteiger partial charge in [-0.2, -0.15) is 0 Å². The average Bonchev–Trinajstić information content (AvgIpc) is 3.17. The molecule has 2 aliphatic heterocycles. The molecule has 0 spiro atoms. The molecule has 1 unspecified atom stereocenters. The van der Waals surface area contributed by atoms with Crippen LogP contribution in [0, 0.1) is 0 Å². The lowest BCUT2D eigenvalue weighted by Gasteiger charge is -2.22. The molecule has 0 aliphatic carbocycles. The molecule has 2 aromatic rings. The number of aryl methyl sites for hydroxylation is 1. The third-order valence-corrected chi connectivity index (χ3v) is 4.32. The topological polar surface area (TPSA) is 39.1 Å². The normalized spacial score (nSPS) is 21.5. The number of imidazole rings is 1. The maximum absolute atomic E-state index is 5.52. The van der Waals surface area contributed by atoms with Crippen LogP contribution >= 0.6 is 0 Å². The fourth-order valence-electron chi connectivity index (χ4n) is 3.27. The summed E-state index contributed by atoms with van der Waals surface area (Å²) >= 11 is 0. The number of ether oxygens (including phenoxy) is 1. The summed E-state index contributed by atoms with van der Waals surface area (Å²) in [6.45, 7) is 2.71. The molecule has 104 valence electrons. The van der Waals surface area contributed by atoms with E-state index in [1.165, 1.54) is 28.9 Å². The standard InChI is InChI=1S/C16H19N3O/c1-3-12-4-2-7-18-16(12)14(5-1)15-9-17-11-19(15)13-6-8-20-10-13/h1,3,5,9,11,13,18H,2,4,6-8,10H2. The molecule has 2 aliphatic rings. The summed E-state index contributed by atoms with van der Waals surface area (Å²) in [7, 11) is 0. The maximum Gasteiger partial charge on any atom is 0.0954 e. The highest BCUT2D eigenvalue weighted by Gasteiger charge is 2.22. The van der Waals surface area contributed by atoms with Gasteiger partial charge in [0.25, 0.3) is 0 Å². The number of nitrogens with one attached hydrogen (secondary N) is 1. The lowest BCUT2D eigenvalue weighted by Crippen LogP contribution is -2.14. The van der Waals surface area contributed by atoms with Crippen LogP contribution in [-0.4, -0.2) is 29.3 Å². The van der Waals surface area contributed by atoms with Gasteiger partial charge in [0.05, 0.1) is 30.9 Å². The van der Waals surface area contributed by atoms with Gasteiger partial charge in [-0.3, -0.25) is 0 Å². The summed E-state index contributed by atoms with van der Waals surface area (Å²) < 4.78 is 7.80. The number of nitrogens with zero attached hydrogens (tertiary/aromatic N) is 2. The molecule has 4 rings (SSSR count). The van der Waals surface area contributed by atoms with Crippen molar-refractivity contribution in [3.05, 3.63) is 36.3 Å². The van der Waals surface area contributed by atoms with E-state index in [1.807, 2.05) is 12.5 Å². The highest BCUT2D eigenvalue weighted by molar-refractivity contribution is 5.79. The van der Waals surface area contributed by atoms with Crippen LogP contribution in [0.15, 0.2) is 30.7 Å². The predicted octanol–water partition coefficient (Wildman–Crippen LogP) is 2.87. The molecule has 1 aromatic heterocycles.